The van der Waals surface area contributed by atoms with E-state index in [0.29, 0.717) is 30.6 Å². The number of aromatic nitrogens is 3. The number of H-pyrrole nitrogens is 1. The van der Waals surface area contributed by atoms with Crippen molar-refractivity contribution in [1.29, 1.82) is 0 Å². The first-order chi connectivity index (χ1) is 15.2. The molecule has 2 aromatic rings. The van der Waals surface area contributed by atoms with E-state index in [1.165, 1.54) is 0 Å². The normalized spacial score (nSPS) is 22.7. The number of nitrogens with zero attached hydrogens (tertiary/aromatic N) is 5. The lowest BCUT2D eigenvalue weighted by molar-refractivity contribution is 0.0351. The van der Waals surface area contributed by atoms with E-state index in [0.717, 1.165) is 30.8 Å². The fraction of sp³-hybridized carbons (Fsp3) is 0.565. The van der Waals surface area contributed by atoms with Crippen LogP contribution in [0.2, 0.25) is 0 Å². The number of carbonyl (C=O) groups excluding carboxylic acids is 2. The standard InChI is InChI=1S/C23H33N7O2/c1-6-11-28-12-16(3)29(13-15(28)2)22(32)30-14-17-19(23(30,4)5)26-27-20(17)25-21(31)18-9-7-8-10-24-18/h7-10,15-16H,6,11-14H2,1-5H3,(H2,25,26,27,31)/t15-,16+/m1/s1. The maximum absolute atomic E-state index is 13.7. The maximum Gasteiger partial charge on any atom is 0.321 e. The summed E-state index contributed by atoms with van der Waals surface area (Å²) in [6.07, 6.45) is 2.69. The summed E-state index contributed by atoms with van der Waals surface area (Å²) in [5.74, 6) is 0.130. The number of piperazine rings is 1. The Kier molecular flexibility index (Phi) is 5.94. The SMILES string of the molecule is CCCN1C[C@H](C)N(C(=O)N2Cc3c(NC(=O)c4ccccn4)n[nH]c3C2(C)C)C[C@H]1C. The summed E-state index contributed by atoms with van der Waals surface area (Å²) in [7, 11) is 0. The first-order valence-electron chi connectivity index (χ1n) is 11.4. The first-order valence-corrected chi connectivity index (χ1v) is 11.4. The van der Waals surface area contributed by atoms with Crippen LogP contribution in [0.25, 0.3) is 0 Å². The minimum Gasteiger partial charge on any atom is -0.319 e. The predicted molar refractivity (Wildman–Crippen MR) is 122 cm³/mol. The molecule has 2 aromatic heterocycles. The van der Waals surface area contributed by atoms with Crippen molar-refractivity contribution in [2.75, 3.05) is 25.0 Å². The van der Waals surface area contributed by atoms with Crippen molar-refractivity contribution >= 4 is 17.8 Å². The van der Waals surface area contributed by atoms with Crippen molar-refractivity contribution < 1.29 is 9.59 Å². The highest BCUT2D eigenvalue weighted by Gasteiger charge is 2.46. The van der Waals surface area contributed by atoms with Crippen LogP contribution in [0.4, 0.5) is 10.6 Å². The van der Waals surface area contributed by atoms with E-state index in [9.17, 15) is 9.59 Å². The van der Waals surface area contributed by atoms with Gasteiger partial charge in [0.25, 0.3) is 5.91 Å². The predicted octanol–water partition coefficient (Wildman–Crippen LogP) is 3.03. The average molecular weight is 440 g/mol. The number of fused-ring (bicyclic) bond motifs is 1. The van der Waals surface area contributed by atoms with Gasteiger partial charge in [-0.15, -0.1) is 0 Å². The van der Waals surface area contributed by atoms with Crippen molar-refractivity contribution in [3.8, 4) is 0 Å². The Hall–Kier alpha value is -2.94. The van der Waals surface area contributed by atoms with E-state index < -0.39 is 5.54 Å². The molecule has 3 amide bonds. The van der Waals surface area contributed by atoms with Crippen LogP contribution in [0, 0.1) is 0 Å². The van der Waals surface area contributed by atoms with E-state index in [2.05, 4.69) is 46.2 Å². The third-order valence-corrected chi connectivity index (χ3v) is 6.70. The molecule has 4 rings (SSSR count). The smallest absolute Gasteiger partial charge is 0.319 e. The topological polar surface area (TPSA) is 97.5 Å². The number of anilines is 1. The van der Waals surface area contributed by atoms with E-state index >= 15 is 0 Å². The van der Waals surface area contributed by atoms with Crippen LogP contribution < -0.4 is 5.32 Å². The molecule has 9 nitrogen and oxygen atoms in total. The second-order valence-electron chi connectivity index (χ2n) is 9.37. The highest BCUT2D eigenvalue weighted by Crippen LogP contribution is 2.41. The van der Waals surface area contributed by atoms with Crippen molar-refractivity contribution in [3.63, 3.8) is 0 Å². The van der Waals surface area contributed by atoms with Crippen LogP contribution in [0.5, 0.6) is 0 Å². The van der Waals surface area contributed by atoms with Gasteiger partial charge < -0.3 is 15.1 Å². The third-order valence-electron chi connectivity index (χ3n) is 6.70. The first kappa shape index (κ1) is 22.3. The highest BCUT2D eigenvalue weighted by atomic mass is 16.2. The van der Waals surface area contributed by atoms with Crippen molar-refractivity contribution in [2.45, 2.75) is 65.2 Å². The molecule has 172 valence electrons. The Balaban J connectivity index is 1.51. The Labute approximate surface area is 189 Å². The number of pyridine rings is 1. The van der Waals surface area contributed by atoms with Gasteiger partial charge in [0.05, 0.1) is 17.8 Å². The maximum atomic E-state index is 13.7. The number of nitrogens with one attached hydrogen (secondary N) is 2. The van der Waals surface area contributed by atoms with Crippen LogP contribution >= 0.6 is 0 Å². The number of hydrogen-bond acceptors (Lipinski definition) is 5. The second kappa shape index (κ2) is 8.54. The van der Waals surface area contributed by atoms with Gasteiger partial charge in [0, 0.05) is 36.9 Å². The summed E-state index contributed by atoms with van der Waals surface area (Å²) in [5, 5.41) is 10.2. The Morgan fingerprint density at radius 2 is 2.00 bits per heavy atom. The molecule has 0 aliphatic carbocycles. The summed E-state index contributed by atoms with van der Waals surface area (Å²) < 4.78 is 0. The largest absolute Gasteiger partial charge is 0.321 e. The second-order valence-corrected chi connectivity index (χ2v) is 9.37. The zero-order valence-electron chi connectivity index (χ0n) is 19.6. The van der Waals surface area contributed by atoms with Crippen molar-refractivity contribution in [1.82, 2.24) is 29.9 Å². The van der Waals surface area contributed by atoms with Gasteiger partial charge in [-0.25, -0.2) is 4.79 Å². The monoisotopic (exact) mass is 439 g/mol. The fourth-order valence-electron chi connectivity index (χ4n) is 4.81. The van der Waals surface area contributed by atoms with Gasteiger partial charge in [0.1, 0.15) is 5.69 Å². The summed E-state index contributed by atoms with van der Waals surface area (Å²) in [4.78, 5) is 36.7. The Bertz CT molecular complexity index is 987. The number of aromatic amines is 1. The zero-order valence-corrected chi connectivity index (χ0v) is 19.6. The molecule has 0 unspecified atom stereocenters. The van der Waals surface area contributed by atoms with E-state index in [1.807, 2.05) is 23.6 Å². The molecular formula is C23H33N7O2. The molecule has 2 N–H and O–H groups in total. The number of rotatable bonds is 4. The van der Waals surface area contributed by atoms with Gasteiger partial charge in [0.15, 0.2) is 5.82 Å². The van der Waals surface area contributed by atoms with Crippen molar-refractivity contribution in [3.05, 3.63) is 41.3 Å². The lowest BCUT2D eigenvalue weighted by Crippen LogP contribution is -2.61. The fourth-order valence-corrected chi connectivity index (χ4v) is 4.81. The van der Waals surface area contributed by atoms with Gasteiger partial charge in [-0.3, -0.25) is 19.8 Å². The van der Waals surface area contributed by atoms with Gasteiger partial charge in [-0.05, 0) is 52.8 Å². The van der Waals surface area contributed by atoms with Crippen LogP contribution in [0.1, 0.15) is 62.8 Å². The molecule has 9 heteroatoms. The lowest BCUT2D eigenvalue weighted by Gasteiger charge is -2.46. The molecule has 1 fully saturated rings. The third kappa shape index (κ3) is 3.85. The Morgan fingerprint density at radius 3 is 2.69 bits per heavy atom. The molecular weight excluding hydrogens is 406 g/mol. The van der Waals surface area contributed by atoms with Gasteiger partial charge in [0.2, 0.25) is 0 Å². The number of urea groups is 1. The molecule has 2 aliphatic rings. The van der Waals surface area contributed by atoms with Crippen LogP contribution in [0.3, 0.4) is 0 Å². The lowest BCUT2D eigenvalue weighted by atomic mass is 10.0. The van der Waals surface area contributed by atoms with Crippen LogP contribution in [-0.4, -0.2) is 73.5 Å². The summed E-state index contributed by atoms with van der Waals surface area (Å²) in [6.45, 7) is 13.6. The Morgan fingerprint density at radius 1 is 1.22 bits per heavy atom. The van der Waals surface area contributed by atoms with Gasteiger partial charge in [-0.1, -0.05) is 13.0 Å². The van der Waals surface area contributed by atoms with Crippen LogP contribution in [0.15, 0.2) is 24.4 Å². The molecule has 2 atom stereocenters. The number of carbonyl (C=O) groups is 2. The molecule has 32 heavy (non-hydrogen) atoms. The highest BCUT2D eigenvalue weighted by molar-refractivity contribution is 6.02. The zero-order chi connectivity index (χ0) is 23.0. The van der Waals surface area contributed by atoms with E-state index in [-0.39, 0.29) is 18.0 Å². The van der Waals surface area contributed by atoms with E-state index in [4.69, 9.17) is 0 Å². The summed E-state index contributed by atoms with van der Waals surface area (Å²) >= 11 is 0. The molecule has 0 saturated carbocycles. The molecule has 4 heterocycles. The minimum atomic E-state index is -0.559. The van der Waals surface area contributed by atoms with Crippen molar-refractivity contribution in [2.24, 2.45) is 0 Å². The minimum absolute atomic E-state index is 0.0251. The van der Waals surface area contributed by atoms with E-state index in [1.54, 1.807) is 24.4 Å². The molecule has 0 bridgehead atoms. The van der Waals surface area contributed by atoms with Crippen LogP contribution in [-0.2, 0) is 12.1 Å². The van der Waals surface area contributed by atoms with Gasteiger partial charge in [-0.2, -0.15) is 5.10 Å². The molecule has 0 aromatic carbocycles. The average Bonchev–Trinajstić information content (AvgIpc) is 3.29. The van der Waals surface area contributed by atoms with Gasteiger partial charge >= 0.3 is 6.03 Å². The molecule has 2 aliphatic heterocycles. The quantitative estimate of drug-likeness (QED) is 0.763. The number of hydrogen-bond donors (Lipinski definition) is 2. The molecule has 0 radical (unpaired) electrons. The molecule has 0 spiro atoms. The number of amides is 3. The summed E-state index contributed by atoms with van der Waals surface area (Å²) in [6, 6.07) is 5.68. The molecule has 1 saturated heterocycles. The summed E-state index contributed by atoms with van der Waals surface area (Å²) in [5.41, 5.74) is 1.46.